The molecule has 4 rings (SSSR count). The fraction of sp³-hybridized carbons (Fsp3) is 0.917. The fourth-order valence-electron chi connectivity index (χ4n) is 7.97. The number of hydrogen-bond donors (Lipinski definition) is 0. The number of carbonyl (C=O) groups is 2. The Morgan fingerprint density at radius 2 is 1.72 bits per heavy atom. The highest BCUT2D eigenvalue weighted by molar-refractivity contribution is 5.77. The van der Waals surface area contributed by atoms with Gasteiger partial charge in [-0.1, -0.05) is 13.8 Å². The standard InChI is InChI=1S/C24H40N2O3/c1-6-26(7-2)22(28)29-20-11-9-17-16-8-10-19-23(3,15-13-21(27)25(19)5)18(16)12-14-24(17,20)4/h16-20H,6-15H2,1-5H3/t16-,17-,18-,19?,20-,23+,24-/m0/s1. The van der Waals surface area contributed by atoms with E-state index in [4.69, 9.17) is 4.74 Å². The first kappa shape index (κ1) is 21.0. The summed E-state index contributed by atoms with van der Waals surface area (Å²) in [7, 11) is 2.02. The lowest BCUT2D eigenvalue weighted by Gasteiger charge is -2.61. The summed E-state index contributed by atoms with van der Waals surface area (Å²) < 4.78 is 6.10. The van der Waals surface area contributed by atoms with Crippen LogP contribution in [-0.2, 0) is 9.53 Å². The third-order valence-corrected chi connectivity index (χ3v) is 9.74. The Morgan fingerprint density at radius 3 is 2.41 bits per heavy atom. The average Bonchev–Trinajstić information content (AvgIpc) is 3.02. The molecule has 4 aliphatic rings. The predicted molar refractivity (Wildman–Crippen MR) is 113 cm³/mol. The Hall–Kier alpha value is -1.26. The molecular weight excluding hydrogens is 364 g/mol. The van der Waals surface area contributed by atoms with Crippen molar-refractivity contribution in [1.29, 1.82) is 0 Å². The van der Waals surface area contributed by atoms with Crippen LogP contribution >= 0.6 is 0 Å². The third kappa shape index (κ3) is 3.09. The Labute approximate surface area is 176 Å². The molecule has 29 heavy (non-hydrogen) atoms. The van der Waals surface area contributed by atoms with Gasteiger partial charge in [0.25, 0.3) is 0 Å². The minimum Gasteiger partial charge on any atom is -0.446 e. The summed E-state index contributed by atoms with van der Waals surface area (Å²) in [6.07, 6.45) is 8.59. The lowest BCUT2D eigenvalue weighted by molar-refractivity contribution is -0.160. The zero-order chi connectivity index (χ0) is 21.0. The van der Waals surface area contributed by atoms with Crippen molar-refractivity contribution in [2.24, 2.45) is 28.6 Å². The largest absolute Gasteiger partial charge is 0.446 e. The first-order valence-corrected chi connectivity index (χ1v) is 12.0. The Bertz CT molecular complexity index is 663. The molecule has 7 atom stereocenters. The van der Waals surface area contributed by atoms with Gasteiger partial charge < -0.3 is 14.5 Å². The molecule has 1 aliphatic heterocycles. The van der Waals surface area contributed by atoms with E-state index in [1.807, 2.05) is 20.9 Å². The zero-order valence-electron chi connectivity index (χ0n) is 19.1. The van der Waals surface area contributed by atoms with Crippen molar-refractivity contribution in [3.63, 3.8) is 0 Å². The molecule has 0 aromatic carbocycles. The number of likely N-dealkylation sites (tertiary alicyclic amines) is 1. The van der Waals surface area contributed by atoms with Gasteiger partial charge in [-0.25, -0.2) is 4.79 Å². The van der Waals surface area contributed by atoms with Crippen LogP contribution in [0.25, 0.3) is 0 Å². The molecule has 3 aliphatic carbocycles. The summed E-state index contributed by atoms with van der Waals surface area (Å²) in [5.74, 6) is 2.40. The van der Waals surface area contributed by atoms with Crippen LogP contribution in [0.5, 0.6) is 0 Å². The summed E-state index contributed by atoms with van der Waals surface area (Å²) in [4.78, 5) is 28.8. The van der Waals surface area contributed by atoms with Crippen molar-refractivity contribution >= 4 is 12.0 Å². The number of piperidine rings is 1. The summed E-state index contributed by atoms with van der Waals surface area (Å²) in [5.41, 5.74) is 0.368. The van der Waals surface area contributed by atoms with E-state index >= 15 is 0 Å². The van der Waals surface area contributed by atoms with Gasteiger partial charge in [0.15, 0.2) is 0 Å². The summed E-state index contributed by atoms with van der Waals surface area (Å²) in [6.45, 7) is 10.3. The highest BCUT2D eigenvalue weighted by Gasteiger charge is 2.62. The van der Waals surface area contributed by atoms with Crippen molar-refractivity contribution in [2.75, 3.05) is 20.1 Å². The van der Waals surface area contributed by atoms with Gasteiger partial charge in [-0.2, -0.15) is 0 Å². The van der Waals surface area contributed by atoms with E-state index in [9.17, 15) is 9.59 Å². The molecule has 0 radical (unpaired) electrons. The molecule has 0 aromatic heterocycles. The van der Waals surface area contributed by atoms with Crippen LogP contribution in [0.15, 0.2) is 0 Å². The highest BCUT2D eigenvalue weighted by atomic mass is 16.6. The number of hydrogen-bond acceptors (Lipinski definition) is 3. The molecule has 2 amide bonds. The van der Waals surface area contributed by atoms with Gasteiger partial charge in [0.1, 0.15) is 6.10 Å². The lowest BCUT2D eigenvalue weighted by Crippen LogP contribution is -2.61. The quantitative estimate of drug-likeness (QED) is 0.685. The second-order valence-electron chi connectivity index (χ2n) is 10.6. The van der Waals surface area contributed by atoms with Gasteiger partial charge in [0.05, 0.1) is 0 Å². The molecule has 5 heteroatoms. The van der Waals surface area contributed by atoms with Crippen LogP contribution in [0.3, 0.4) is 0 Å². The average molecular weight is 405 g/mol. The van der Waals surface area contributed by atoms with E-state index in [1.54, 1.807) is 4.90 Å². The molecule has 0 spiro atoms. The van der Waals surface area contributed by atoms with E-state index < -0.39 is 0 Å². The number of rotatable bonds is 3. The van der Waals surface area contributed by atoms with Gasteiger partial charge in [-0.05, 0) is 82.0 Å². The molecule has 0 aromatic rings. The van der Waals surface area contributed by atoms with Gasteiger partial charge in [-0.3, -0.25) is 4.79 Å². The van der Waals surface area contributed by atoms with Crippen molar-refractivity contribution in [2.45, 2.75) is 91.2 Å². The molecule has 3 saturated carbocycles. The van der Waals surface area contributed by atoms with Crippen molar-refractivity contribution in [3.05, 3.63) is 0 Å². The summed E-state index contributed by atoms with van der Waals surface area (Å²) >= 11 is 0. The van der Waals surface area contributed by atoms with Crippen LogP contribution in [0, 0.1) is 28.6 Å². The van der Waals surface area contributed by atoms with Crippen LogP contribution in [0.4, 0.5) is 4.79 Å². The summed E-state index contributed by atoms with van der Waals surface area (Å²) in [5, 5.41) is 0. The molecule has 1 saturated heterocycles. The van der Waals surface area contributed by atoms with Crippen molar-refractivity contribution < 1.29 is 14.3 Å². The third-order valence-electron chi connectivity index (χ3n) is 9.74. The van der Waals surface area contributed by atoms with Crippen molar-refractivity contribution in [3.8, 4) is 0 Å². The minimum absolute atomic E-state index is 0.0580. The van der Waals surface area contributed by atoms with Gasteiger partial charge >= 0.3 is 6.09 Å². The molecule has 4 fully saturated rings. The second-order valence-corrected chi connectivity index (χ2v) is 10.6. The van der Waals surface area contributed by atoms with Gasteiger partial charge in [0, 0.05) is 38.0 Å². The fourth-order valence-corrected chi connectivity index (χ4v) is 7.97. The van der Waals surface area contributed by atoms with Crippen LogP contribution in [0.1, 0.15) is 79.1 Å². The number of amides is 2. The van der Waals surface area contributed by atoms with E-state index in [2.05, 4.69) is 18.7 Å². The van der Waals surface area contributed by atoms with Crippen molar-refractivity contribution in [1.82, 2.24) is 9.80 Å². The Morgan fingerprint density at radius 1 is 1.03 bits per heavy atom. The maximum Gasteiger partial charge on any atom is 0.410 e. The summed E-state index contributed by atoms with van der Waals surface area (Å²) in [6, 6.07) is 0.409. The number of fused-ring (bicyclic) bond motifs is 5. The van der Waals surface area contributed by atoms with E-state index in [1.165, 1.54) is 19.3 Å². The molecular formula is C24H40N2O3. The maximum atomic E-state index is 12.6. The van der Waals surface area contributed by atoms with Crippen LogP contribution < -0.4 is 0 Å². The van der Waals surface area contributed by atoms with Crippen LogP contribution in [0.2, 0.25) is 0 Å². The zero-order valence-corrected chi connectivity index (χ0v) is 19.1. The number of ether oxygens (including phenoxy) is 1. The van der Waals surface area contributed by atoms with E-state index in [0.717, 1.165) is 25.7 Å². The number of nitrogens with zero attached hydrogens (tertiary/aromatic N) is 2. The molecule has 1 heterocycles. The maximum absolute atomic E-state index is 12.6. The van der Waals surface area contributed by atoms with Crippen LogP contribution in [-0.4, -0.2) is 54.1 Å². The number of carbonyl (C=O) groups excluding carboxylic acids is 2. The van der Waals surface area contributed by atoms with E-state index in [0.29, 0.717) is 49.2 Å². The highest BCUT2D eigenvalue weighted by Crippen LogP contribution is 2.65. The smallest absolute Gasteiger partial charge is 0.410 e. The first-order valence-electron chi connectivity index (χ1n) is 12.0. The lowest BCUT2D eigenvalue weighted by atomic mass is 9.47. The van der Waals surface area contributed by atoms with Gasteiger partial charge in [0.2, 0.25) is 5.91 Å². The Kier molecular flexibility index (Phi) is 5.40. The predicted octanol–water partition coefficient (Wildman–Crippen LogP) is 4.70. The monoisotopic (exact) mass is 404 g/mol. The molecule has 164 valence electrons. The Balaban J connectivity index is 1.52. The molecule has 1 unspecified atom stereocenters. The normalized spacial score (nSPS) is 44.0. The van der Waals surface area contributed by atoms with Gasteiger partial charge in [-0.15, -0.1) is 0 Å². The van der Waals surface area contributed by atoms with E-state index in [-0.39, 0.29) is 23.0 Å². The SMILES string of the molecule is CCN(CC)C(=O)O[C@H]1CC[C@H]2[C@@H]3CCC4N(C)C(=O)CC[C@]4(C)[C@H]3CC[C@]12C. The molecule has 0 N–H and O–H groups in total. The first-order chi connectivity index (χ1) is 13.8. The molecule has 0 bridgehead atoms. The second kappa shape index (κ2) is 7.46. The topological polar surface area (TPSA) is 49.9 Å². The molecule has 5 nitrogen and oxygen atoms in total. The minimum atomic E-state index is -0.132.